The Morgan fingerprint density at radius 3 is 2.00 bits per heavy atom. The van der Waals surface area contributed by atoms with Crippen LogP contribution in [-0.2, 0) is 9.84 Å². The minimum atomic E-state index is -3.12. The highest BCUT2D eigenvalue weighted by atomic mass is 32.2. The summed E-state index contributed by atoms with van der Waals surface area (Å²) in [6, 6.07) is 0. The molecular weight excluding hydrogens is 240 g/mol. The average Bonchev–Trinajstić information content (AvgIpc) is 2.49. The SMILES string of the molecule is O=S1(=O)CCC(O)(C2(CO)CCCCCC2)C1. The van der Waals surface area contributed by atoms with Crippen LogP contribution in [-0.4, -0.2) is 42.3 Å². The molecule has 0 radical (unpaired) electrons. The molecule has 2 aliphatic rings. The summed E-state index contributed by atoms with van der Waals surface area (Å²) in [5.41, 5.74) is -1.79. The third kappa shape index (κ3) is 2.37. The number of hydrogen-bond acceptors (Lipinski definition) is 4. The lowest BCUT2D eigenvalue weighted by molar-refractivity contribution is -0.100. The second kappa shape index (κ2) is 4.52. The second-order valence-corrected chi connectivity index (χ2v) is 7.91. The Kier molecular flexibility index (Phi) is 3.54. The Hall–Kier alpha value is -0.130. The zero-order valence-electron chi connectivity index (χ0n) is 10.2. The third-order valence-corrected chi connectivity index (χ3v) is 6.38. The van der Waals surface area contributed by atoms with Crippen LogP contribution < -0.4 is 0 Å². The molecule has 0 aromatic carbocycles. The number of sulfone groups is 1. The molecule has 0 aromatic heterocycles. The van der Waals surface area contributed by atoms with Gasteiger partial charge >= 0.3 is 0 Å². The summed E-state index contributed by atoms with van der Waals surface area (Å²) in [6.45, 7) is -0.0982. The van der Waals surface area contributed by atoms with Crippen LogP contribution in [0.2, 0.25) is 0 Å². The normalized spacial score (nSPS) is 36.6. The van der Waals surface area contributed by atoms with Crippen LogP contribution in [0.3, 0.4) is 0 Å². The summed E-state index contributed by atoms with van der Waals surface area (Å²) in [5.74, 6) is -0.105. The molecule has 0 amide bonds. The molecule has 1 atom stereocenters. The first-order valence-corrected chi connectivity index (χ1v) is 8.29. The molecule has 1 unspecified atom stereocenters. The van der Waals surface area contributed by atoms with Crippen molar-refractivity contribution in [3.63, 3.8) is 0 Å². The molecule has 0 spiro atoms. The minimum Gasteiger partial charge on any atom is -0.396 e. The van der Waals surface area contributed by atoms with Gasteiger partial charge in [-0.3, -0.25) is 0 Å². The fourth-order valence-electron chi connectivity index (χ4n) is 3.43. The van der Waals surface area contributed by atoms with Crippen molar-refractivity contribution >= 4 is 9.84 Å². The number of aliphatic hydroxyl groups is 2. The van der Waals surface area contributed by atoms with Gasteiger partial charge in [-0.1, -0.05) is 25.7 Å². The highest BCUT2D eigenvalue weighted by Gasteiger charge is 2.55. The Balaban J connectivity index is 2.27. The molecule has 0 bridgehead atoms. The third-order valence-electron chi connectivity index (χ3n) is 4.64. The highest BCUT2D eigenvalue weighted by molar-refractivity contribution is 7.91. The van der Waals surface area contributed by atoms with E-state index in [-0.39, 0.29) is 24.5 Å². The highest BCUT2D eigenvalue weighted by Crippen LogP contribution is 2.48. The van der Waals surface area contributed by atoms with Crippen molar-refractivity contribution < 1.29 is 18.6 Å². The van der Waals surface area contributed by atoms with Crippen LogP contribution in [0.15, 0.2) is 0 Å². The first kappa shape index (κ1) is 13.3. The lowest BCUT2D eigenvalue weighted by atomic mass is 9.67. The Morgan fingerprint density at radius 1 is 1.00 bits per heavy atom. The summed E-state index contributed by atoms with van der Waals surface area (Å²) in [4.78, 5) is 0. The molecule has 100 valence electrons. The Morgan fingerprint density at radius 2 is 1.59 bits per heavy atom. The summed E-state index contributed by atoms with van der Waals surface area (Å²) >= 11 is 0. The maximum absolute atomic E-state index is 11.6. The van der Waals surface area contributed by atoms with Gasteiger partial charge in [0.2, 0.25) is 0 Å². The molecule has 2 N–H and O–H groups in total. The molecule has 17 heavy (non-hydrogen) atoms. The van der Waals surface area contributed by atoms with Gasteiger partial charge in [-0.25, -0.2) is 8.42 Å². The first-order valence-electron chi connectivity index (χ1n) is 6.47. The van der Waals surface area contributed by atoms with Gasteiger partial charge in [0.15, 0.2) is 9.84 Å². The van der Waals surface area contributed by atoms with Crippen molar-refractivity contribution in [1.29, 1.82) is 0 Å². The van der Waals surface area contributed by atoms with Gasteiger partial charge in [0.1, 0.15) is 0 Å². The molecule has 1 aliphatic heterocycles. The summed E-state index contributed by atoms with van der Waals surface area (Å²) in [5, 5.41) is 20.4. The van der Waals surface area contributed by atoms with E-state index in [1.807, 2.05) is 0 Å². The minimum absolute atomic E-state index is 0.0608. The zero-order chi connectivity index (χ0) is 12.6. The smallest absolute Gasteiger partial charge is 0.153 e. The number of hydrogen-bond donors (Lipinski definition) is 2. The molecule has 1 saturated carbocycles. The molecular formula is C12H22O4S. The van der Waals surface area contributed by atoms with Gasteiger partial charge in [0.25, 0.3) is 0 Å². The maximum Gasteiger partial charge on any atom is 0.153 e. The first-order chi connectivity index (χ1) is 7.93. The van der Waals surface area contributed by atoms with Crippen molar-refractivity contribution in [3.05, 3.63) is 0 Å². The van der Waals surface area contributed by atoms with E-state index in [1.165, 1.54) is 0 Å². The molecule has 1 saturated heterocycles. The lowest BCUT2D eigenvalue weighted by Gasteiger charge is -2.43. The van der Waals surface area contributed by atoms with Gasteiger partial charge in [0.05, 0.1) is 23.7 Å². The molecule has 1 aliphatic carbocycles. The maximum atomic E-state index is 11.6. The topological polar surface area (TPSA) is 74.6 Å². The molecule has 1 heterocycles. The fraction of sp³-hybridized carbons (Fsp3) is 1.00. The van der Waals surface area contributed by atoms with Crippen LogP contribution in [0.5, 0.6) is 0 Å². The second-order valence-electron chi connectivity index (χ2n) is 5.73. The van der Waals surface area contributed by atoms with Crippen molar-refractivity contribution in [3.8, 4) is 0 Å². The van der Waals surface area contributed by atoms with E-state index in [0.29, 0.717) is 0 Å². The van der Waals surface area contributed by atoms with Crippen molar-refractivity contribution in [1.82, 2.24) is 0 Å². The van der Waals surface area contributed by atoms with Crippen LogP contribution in [0.25, 0.3) is 0 Å². The van der Waals surface area contributed by atoms with E-state index < -0.39 is 20.9 Å². The molecule has 0 aromatic rings. The van der Waals surface area contributed by atoms with Crippen LogP contribution in [0.1, 0.15) is 44.9 Å². The van der Waals surface area contributed by atoms with Gasteiger partial charge in [-0.05, 0) is 19.3 Å². The summed E-state index contributed by atoms with van der Waals surface area (Å²) in [7, 11) is -3.12. The van der Waals surface area contributed by atoms with Gasteiger partial charge < -0.3 is 10.2 Å². The Labute approximate surface area is 103 Å². The molecule has 5 heteroatoms. The quantitative estimate of drug-likeness (QED) is 0.724. The van der Waals surface area contributed by atoms with E-state index >= 15 is 0 Å². The molecule has 2 fully saturated rings. The van der Waals surface area contributed by atoms with Crippen molar-refractivity contribution in [2.45, 2.75) is 50.5 Å². The van der Waals surface area contributed by atoms with E-state index in [4.69, 9.17) is 0 Å². The fourth-order valence-corrected chi connectivity index (χ4v) is 5.40. The van der Waals surface area contributed by atoms with Crippen LogP contribution >= 0.6 is 0 Å². The van der Waals surface area contributed by atoms with Crippen LogP contribution in [0.4, 0.5) is 0 Å². The number of rotatable bonds is 2. The van der Waals surface area contributed by atoms with Crippen molar-refractivity contribution in [2.24, 2.45) is 5.41 Å². The largest absolute Gasteiger partial charge is 0.396 e. The average molecular weight is 262 g/mol. The zero-order valence-corrected chi connectivity index (χ0v) is 11.0. The molecule has 4 nitrogen and oxygen atoms in total. The number of aliphatic hydroxyl groups excluding tert-OH is 1. The van der Waals surface area contributed by atoms with E-state index in [9.17, 15) is 18.6 Å². The van der Waals surface area contributed by atoms with Crippen molar-refractivity contribution in [2.75, 3.05) is 18.1 Å². The van der Waals surface area contributed by atoms with Gasteiger partial charge in [-0.2, -0.15) is 0 Å². The van der Waals surface area contributed by atoms with Gasteiger partial charge in [-0.15, -0.1) is 0 Å². The summed E-state index contributed by atoms with van der Waals surface area (Å²) in [6.07, 6.45) is 5.96. The van der Waals surface area contributed by atoms with Gasteiger partial charge in [0, 0.05) is 5.41 Å². The van der Waals surface area contributed by atoms with E-state index in [1.54, 1.807) is 0 Å². The lowest BCUT2D eigenvalue weighted by Crippen LogP contribution is -2.51. The van der Waals surface area contributed by atoms with E-state index in [0.717, 1.165) is 38.5 Å². The predicted octanol–water partition coefficient (Wildman–Crippen LogP) is 0.869. The summed E-state index contributed by atoms with van der Waals surface area (Å²) < 4.78 is 23.2. The Bertz CT molecular complexity index is 368. The van der Waals surface area contributed by atoms with Crippen LogP contribution in [0, 0.1) is 5.41 Å². The standard InChI is InChI=1S/C12H22O4S/c13-9-11(5-3-1-2-4-6-11)12(14)7-8-17(15,16)10-12/h13-14H,1-10H2. The van der Waals surface area contributed by atoms with E-state index in [2.05, 4.69) is 0 Å². The monoisotopic (exact) mass is 262 g/mol. The molecule has 2 rings (SSSR count). The predicted molar refractivity (Wildman–Crippen MR) is 65.4 cm³/mol.